The van der Waals surface area contributed by atoms with Crippen molar-refractivity contribution < 1.29 is 4.92 Å². The van der Waals surface area contributed by atoms with Crippen LogP contribution in [0.15, 0.2) is 53.6 Å². The van der Waals surface area contributed by atoms with Crippen LogP contribution >= 0.6 is 11.6 Å². The van der Waals surface area contributed by atoms with Gasteiger partial charge in [0.2, 0.25) is 0 Å². The molecule has 0 unspecified atom stereocenters. The summed E-state index contributed by atoms with van der Waals surface area (Å²) >= 11 is 6.60. The third-order valence-electron chi connectivity index (χ3n) is 3.97. The van der Waals surface area contributed by atoms with Gasteiger partial charge in [-0.2, -0.15) is 5.10 Å². The molecular formula is C19H19ClN4O2. The maximum atomic E-state index is 11.1. The second-order valence-corrected chi connectivity index (χ2v) is 6.73. The number of fused-ring (bicyclic) bond motifs is 1. The van der Waals surface area contributed by atoms with Crippen LogP contribution in [-0.2, 0) is 6.54 Å². The van der Waals surface area contributed by atoms with Gasteiger partial charge in [0.15, 0.2) is 0 Å². The van der Waals surface area contributed by atoms with E-state index in [2.05, 4.69) is 28.9 Å². The van der Waals surface area contributed by atoms with Gasteiger partial charge in [0.05, 0.1) is 11.1 Å². The van der Waals surface area contributed by atoms with Gasteiger partial charge in [0, 0.05) is 29.1 Å². The van der Waals surface area contributed by atoms with Crippen molar-refractivity contribution >= 4 is 40.1 Å². The molecule has 3 rings (SSSR count). The monoisotopic (exact) mass is 370 g/mol. The third-order valence-corrected chi connectivity index (χ3v) is 4.38. The van der Waals surface area contributed by atoms with Crippen molar-refractivity contribution in [2.24, 2.45) is 11.0 Å². The number of anilines is 1. The summed E-state index contributed by atoms with van der Waals surface area (Å²) in [7, 11) is 0. The number of benzene rings is 2. The zero-order chi connectivity index (χ0) is 18.7. The lowest BCUT2D eigenvalue weighted by molar-refractivity contribution is -0.384. The molecule has 0 atom stereocenters. The average molecular weight is 371 g/mol. The lowest BCUT2D eigenvalue weighted by Crippen LogP contribution is -2.04. The lowest BCUT2D eigenvalue weighted by Gasteiger charge is -2.09. The Morgan fingerprint density at radius 2 is 1.92 bits per heavy atom. The first-order valence-corrected chi connectivity index (χ1v) is 8.66. The lowest BCUT2D eigenvalue weighted by atomic mass is 10.2. The summed E-state index contributed by atoms with van der Waals surface area (Å²) in [6, 6.07) is 14.3. The van der Waals surface area contributed by atoms with Gasteiger partial charge in [-0.05, 0) is 18.1 Å². The zero-order valence-electron chi connectivity index (χ0n) is 14.5. The van der Waals surface area contributed by atoms with Crippen LogP contribution in [0.4, 0.5) is 11.4 Å². The zero-order valence-corrected chi connectivity index (χ0v) is 15.3. The Balaban J connectivity index is 1.96. The van der Waals surface area contributed by atoms with Crippen LogP contribution < -0.4 is 5.43 Å². The molecule has 0 saturated heterocycles. The largest absolute Gasteiger partial charge is 0.331 e. The second kappa shape index (κ2) is 7.58. The Morgan fingerprint density at radius 3 is 2.65 bits per heavy atom. The molecule has 6 nitrogen and oxygen atoms in total. The number of nitro benzene ring substituents is 1. The van der Waals surface area contributed by atoms with E-state index in [9.17, 15) is 10.1 Å². The first kappa shape index (κ1) is 17.9. The Hall–Kier alpha value is -2.86. The van der Waals surface area contributed by atoms with Gasteiger partial charge in [-0.15, -0.1) is 0 Å². The summed E-state index contributed by atoms with van der Waals surface area (Å²) in [5, 5.41) is 16.9. The van der Waals surface area contributed by atoms with Gasteiger partial charge in [-0.1, -0.05) is 55.8 Å². The first-order chi connectivity index (χ1) is 12.5. The number of nitrogens with one attached hydrogen (secondary N) is 1. The van der Waals surface area contributed by atoms with Crippen LogP contribution in [0, 0.1) is 16.0 Å². The van der Waals surface area contributed by atoms with Crippen molar-refractivity contribution in [1.29, 1.82) is 0 Å². The molecule has 1 N–H and O–H groups in total. The first-order valence-electron chi connectivity index (χ1n) is 8.28. The standard InChI is InChI=1S/C19H19ClN4O2/c1-13(2)12-23-17-9-5-3-7-14(17)15(19(23)20)11-21-22-16-8-4-6-10-18(16)24(25)26/h3-11,13,22H,12H2,1-2H3/b21-11+. The molecule has 26 heavy (non-hydrogen) atoms. The highest BCUT2D eigenvalue weighted by Gasteiger charge is 2.15. The molecule has 0 bridgehead atoms. The number of hydrazone groups is 1. The molecule has 0 radical (unpaired) electrons. The maximum absolute atomic E-state index is 11.1. The number of hydrogen-bond acceptors (Lipinski definition) is 4. The molecule has 0 aliphatic heterocycles. The van der Waals surface area contributed by atoms with Crippen molar-refractivity contribution in [2.75, 3.05) is 5.43 Å². The minimum atomic E-state index is -0.445. The predicted octanol–water partition coefficient (Wildman–Crippen LogP) is 5.30. The van der Waals surface area contributed by atoms with Gasteiger partial charge in [-0.3, -0.25) is 15.5 Å². The smallest absolute Gasteiger partial charge is 0.294 e. The van der Waals surface area contributed by atoms with Crippen LogP contribution in [0.5, 0.6) is 0 Å². The molecule has 0 saturated carbocycles. The molecule has 0 amide bonds. The summed E-state index contributed by atoms with van der Waals surface area (Å²) in [4.78, 5) is 10.6. The Bertz CT molecular complexity index is 979. The van der Waals surface area contributed by atoms with Crippen molar-refractivity contribution in [2.45, 2.75) is 20.4 Å². The molecule has 134 valence electrons. The van der Waals surface area contributed by atoms with E-state index >= 15 is 0 Å². The van der Waals surface area contributed by atoms with Crippen molar-refractivity contribution in [3.63, 3.8) is 0 Å². The fourth-order valence-corrected chi connectivity index (χ4v) is 3.17. The number of nitrogens with zero attached hydrogens (tertiary/aromatic N) is 3. The molecule has 2 aromatic carbocycles. The number of aromatic nitrogens is 1. The van der Waals surface area contributed by atoms with E-state index in [1.54, 1.807) is 24.4 Å². The maximum Gasteiger partial charge on any atom is 0.294 e. The van der Waals surface area contributed by atoms with Crippen LogP contribution in [0.1, 0.15) is 19.4 Å². The number of nitro groups is 1. The number of hydrogen-bond donors (Lipinski definition) is 1. The number of halogens is 1. The summed E-state index contributed by atoms with van der Waals surface area (Å²) in [5.74, 6) is 0.443. The van der Waals surface area contributed by atoms with E-state index in [1.807, 2.05) is 24.3 Å². The van der Waals surface area contributed by atoms with E-state index < -0.39 is 4.92 Å². The van der Waals surface area contributed by atoms with Crippen molar-refractivity contribution in [1.82, 2.24) is 4.57 Å². The topological polar surface area (TPSA) is 72.5 Å². The molecule has 3 aromatic rings. The Morgan fingerprint density at radius 1 is 1.23 bits per heavy atom. The molecule has 0 aliphatic carbocycles. The Kier molecular flexibility index (Phi) is 5.23. The normalized spacial score (nSPS) is 11.5. The van der Waals surface area contributed by atoms with Crippen LogP contribution in [0.2, 0.25) is 5.15 Å². The van der Waals surface area contributed by atoms with Crippen LogP contribution in [-0.4, -0.2) is 15.7 Å². The average Bonchev–Trinajstić information content (AvgIpc) is 2.87. The fourth-order valence-electron chi connectivity index (χ4n) is 2.86. The van der Waals surface area contributed by atoms with E-state index in [4.69, 9.17) is 11.6 Å². The van der Waals surface area contributed by atoms with Crippen molar-refractivity contribution in [3.8, 4) is 0 Å². The number of para-hydroxylation sites is 3. The van der Waals surface area contributed by atoms with E-state index in [0.29, 0.717) is 16.8 Å². The molecule has 7 heteroatoms. The summed E-state index contributed by atoms with van der Waals surface area (Å²) in [6.45, 7) is 5.06. The van der Waals surface area contributed by atoms with Gasteiger partial charge >= 0.3 is 0 Å². The third kappa shape index (κ3) is 3.55. The van der Waals surface area contributed by atoms with E-state index in [-0.39, 0.29) is 5.69 Å². The molecule has 0 fully saturated rings. The second-order valence-electron chi connectivity index (χ2n) is 6.37. The minimum Gasteiger partial charge on any atom is -0.331 e. The predicted molar refractivity (Wildman–Crippen MR) is 106 cm³/mol. The van der Waals surface area contributed by atoms with Crippen LogP contribution in [0.3, 0.4) is 0 Å². The van der Waals surface area contributed by atoms with Gasteiger partial charge < -0.3 is 4.57 Å². The highest BCUT2D eigenvalue weighted by Crippen LogP contribution is 2.30. The fraction of sp³-hybridized carbons (Fsp3) is 0.211. The quantitative estimate of drug-likeness (QED) is 0.363. The van der Waals surface area contributed by atoms with E-state index in [1.165, 1.54) is 6.07 Å². The molecule has 0 spiro atoms. The van der Waals surface area contributed by atoms with Crippen LogP contribution in [0.25, 0.3) is 10.9 Å². The summed E-state index contributed by atoms with van der Waals surface area (Å²) in [5.41, 5.74) is 4.87. The van der Waals surface area contributed by atoms with Gasteiger partial charge in [0.25, 0.3) is 5.69 Å². The van der Waals surface area contributed by atoms with Crippen molar-refractivity contribution in [3.05, 3.63) is 69.4 Å². The number of rotatable bonds is 6. The molecular weight excluding hydrogens is 352 g/mol. The highest BCUT2D eigenvalue weighted by molar-refractivity contribution is 6.34. The molecule has 1 heterocycles. The summed E-state index contributed by atoms with van der Waals surface area (Å²) in [6.07, 6.45) is 1.61. The van der Waals surface area contributed by atoms with Gasteiger partial charge in [0.1, 0.15) is 10.8 Å². The minimum absolute atomic E-state index is 0.0296. The summed E-state index contributed by atoms with van der Waals surface area (Å²) < 4.78 is 2.06. The SMILES string of the molecule is CC(C)Cn1c(Cl)c(/C=N/Nc2ccccc2[N+](=O)[O-])c2ccccc21. The molecule has 1 aromatic heterocycles. The Labute approximate surface area is 156 Å². The molecule has 0 aliphatic rings. The highest BCUT2D eigenvalue weighted by atomic mass is 35.5. The van der Waals surface area contributed by atoms with Gasteiger partial charge in [-0.25, -0.2) is 0 Å². The van der Waals surface area contributed by atoms with E-state index in [0.717, 1.165) is 23.0 Å².